The van der Waals surface area contributed by atoms with E-state index < -0.39 is 10.0 Å². The molecule has 0 radical (unpaired) electrons. The maximum absolute atomic E-state index is 12.4. The van der Waals surface area contributed by atoms with E-state index in [1.54, 1.807) is 10.5 Å². The predicted octanol–water partition coefficient (Wildman–Crippen LogP) is 0.638. The first-order valence-electron chi connectivity index (χ1n) is 6.73. The fraction of sp³-hybridized carbons (Fsp3) is 0.615. The zero-order valence-corrected chi connectivity index (χ0v) is 12.1. The summed E-state index contributed by atoms with van der Waals surface area (Å²) in [5.74, 6) is 0.139. The van der Waals surface area contributed by atoms with Crippen molar-refractivity contribution in [1.29, 1.82) is 0 Å². The molecule has 0 aliphatic carbocycles. The van der Waals surface area contributed by atoms with Crippen molar-refractivity contribution in [2.45, 2.75) is 25.8 Å². The summed E-state index contributed by atoms with van der Waals surface area (Å²) in [6.45, 7) is 4.15. The number of hydrogen-bond acceptors (Lipinski definition) is 4. The van der Waals surface area contributed by atoms with Crippen LogP contribution in [0.15, 0.2) is 24.4 Å². The largest absolute Gasteiger partial charge is 0.313 e. The SMILES string of the molecule is CCCN(C1CNC1)S(=O)(=O)CCc1ccccn1. The van der Waals surface area contributed by atoms with Crippen LogP contribution in [-0.4, -0.2) is 49.1 Å². The number of aryl methyl sites for hydroxylation is 1. The number of nitrogens with one attached hydrogen (secondary N) is 1. The maximum atomic E-state index is 12.4. The third kappa shape index (κ3) is 3.75. The zero-order valence-electron chi connectivity index (χ0n) is 11.2. The van der Waals surface area contributed by atoms with Crippen molar-refractivity contribution in [1.82, 2.24) is 14.6 Å². The first-order valence-corrected chi connectivity index (χ1v) is 8.34. The van der Waals surface area contributed by atoms with Gasteiger partial charge in [-0.05, 0) is 18.6 Å². The summed E-state index contributed by atoms with van der Waals surface area (Å²) in [7, 11) is -3.19. The van der Waals surface area contributed by atoms with E-state index in [4.69, 9.17) is 0 Å². The van der Waals surface area contributed by atoms with Crippen LogP contribution in [-0.2, 0) is 16.4 Å². The summed E-state index contributed by atoms with van der Waals surface area (Å²) in [6, 6.07) is 5.72. The number of sulfonamides is 1. The summed E-state index contributed by atoms with van der Waals surface area (Å²) in [6.07, 6.45) is 3.02. The second-order valence-corrected chi connectivity index (χ2v) is 6.85. The van der Waals surface area contributed by atoms with Crippen molar-refractivity contribution in [3.05, 3.63) is 30.1 Å². The molecule has 0 unspecified atom stereocenters. The molecule has 0 amide bonds. The molecule has 19 heavy (non-hydrogen) atoms. The lowest BCUT2D eigenvalue weighted by Gasteiger charge is -2.37. The monoisotopic (exact) mass is 283 g/mol. The molecule has 0 bridgehead atoms. The van der Waals surface area contributed by atoms with Gasteiger partial charge in [-0.3, -0.25) is 4.98 Å². The van der Waals surface area contributed by atoms with E-state index in [9.17, 15) is 8.42 Å². The molecule has 1 aromatic heterocycles. The standard InChI is InChI=1S/C13H21N3O2S/c1-2-8-16(13-10-14-11-13)19(17,18)9-6-12-5-3-4-7-15-12/h3-5,7,13-14H,2,6,8-11H2,1H3. The molecule has 6 heteroatoms. The van der Waals surface area contributed by atoms with Gasteiger partial charge >= 0.3 is 0 Å². The van der Waals surface area contributed by atoms with Gasteiger partial charge in [0.2, 0.25) is 10.0 Å². The molecule has 0 saturated carbocycles. The fourth-order valence-electron chi connectivity index (χ4n) is 2.14. The molecule has 5 nitrogen and oxygen atoms in total. The Hall–Kier alpha value is -0.980. The van der Waals surface area contributed by atoms with Gasteiger partial charge in [0, 0.05) is 44.0 Å². The van der Waals surface area contributed by atoms with E-state index >= 15 is 0 Å². The molecule has 2 rings (SSSR count). The van der Waals surface area contributed by atoms with Gasteiger partial charge in [0.15, 0.2) is 0 Å². The molecule has 0 aromatic carbocycles. The summed E-state index contributed by atoms with van der Waals surface area (Å²) in [5.41, 5.74) is 0.828. The third-order valence-corrected chi connectivity index (χ3v) is 5.23. The van der Waals surface area contributed by atoms with E-state index in [-0.39, 0.29) is 11.8 Å². The van der Waals surface area contributed by atoms with E-state index in [0.29, 0.717) is 13.0 Å². The Morgan fingerprint density at radius 2 is 2.21 bits per heavy atom. The molecule has 0 atom stereocenters. The average molecular weight is 283 g/mol. The molecule has 1 fully saturated rings. The van der Waals surface area contributed by atoms with Gasteiger partial charge in [-0.2, -0.15) is 4.31 Å². The number of pyridine rings is 1. The second-order valence-electron chi connectivity index (χ2n) is 4.81. The Labute approximate surface area is 115 Å². The Morgan fingerprint density at radius 3 is 2.74 bits per heavy atom. The first kappa shape index (κ1) is 14.4. The van der Waals surface area contributed by atoms with Crippen LogP contribution in [0.25, 0.3) is 0 Å². The molecule has 2 heterocycles. The highest BCUT2D eigenvalue weighted by Crippen LogP contribution is 2.13. The zero-order chi connectivity index (χ0) is 13.7. The van der Waals surface area contributed by atoms with Crippen molar-refractivity contribution < 1.29 is 8.42 Å². The summed E-state index contributed by atoms with van der Waals surface area (Å²) >= 11 is 0. The van der Waals surface area contributed by atoms with Crippen molar-refractivity contribution in [2.24, 2.45) is 0 Å². The molecule has 1 saturated heterocycles. The quantitative estimate of drug-likeness (QED) is 0.797. The number of nitrogens with zero attached hydrogens (tertiary/aromatic N) is 2. The Morgan fingerprint density at radius 1 is 1.42 bits per heavy atom. The van der Waals surface area contributed by atoms with Crippen LogP contribution in [0.4, 0.5) is 0 Å². The van der Waals surface area contributed by atoms with Gasteiger partial charge in [0.1, 0.15) is 0 Å². The molecule has 106 valence electrons. The molecule has 1 aromatic rings. The molecular weight excluding hydrogens is 262 g/mol. The molecule has 1 aliphatic heterocycles. The smallest absolute Gasteiger partial charge is 0.214 e. The van der Waals surface area contributed by atoms with Gasteiger partial charge in [-0.1, -0.05) is 13.0 Å². The highest BCUT2D eigenvalue weighted by Gasteiger charge is 2.32. The van der Waals surface area contributed by atoms with Crippen LogP contribution in [0.5, 0.6) is 0 Å². The lowest BCUT2D eigenvalue weighted by molar-refractivity contribution is 0.242. The Kier molecular flexibility index (Phi) is 4.90. The van der Waals surface area contributed by atoms with Crippen molar-refractivity contribution in [3.63, 3.8) is 0 Å². The third-order valence-electron chi connectivity index (χ3n) is 3.31. The minimum atomic E-state index is -3.19. The summed E-state index contributed by atoms with van der Waals surface area (Å²) < 4.78 is 26.5. The minimum Gasteiger partial charge on any atom is -0.313 e. The lowest BCUT2D eigenvalue weighted by atomic mass is 10.2. The molecule has 0 spiro atoms. The maximum Gasteiger partial charge on any atom is 0.214 e. The van der Waals surface area contributed by atoms with Gasteiger partial charge in [0.05, 0.1) is 5.75 Å². The predicted molar refractivity (Wildman–Crippen MR) is 75.4 cm³/mol. The summed E-state index contributed by atoms with van der Waals surface area (Å²) in [5, 5.41) is 3.13. The van der Waals surface area contributed by atoms with Crippen LogP contribution < -0.4 is 5.32 Å². The Bertz CT molecular complexity index is 486. The molecule has 1 N–H and O–H groups in total. The fourth-order valence-corrected chi connectivity index (χ4v) is 3.91. The normalized spacial score (nSPS) is 16.5. The first-order chi connectivity index (χ1) is 9.13. The van der Waals surface area contributed by atoms with Crippen LogP contribution in [0.3, 0.4) is 0 Å². The minimum absolute atomic E-state index is 0.133. The average Bonchev–Trinajstić information content (AvgIpc) is 2.35. The van der Waals surface area contributed by atoms with Gasteiger partial charge < -0.3 is 5.32 Å². The van der Waals surface area contributed by atoms with Crippen molar-refractivity contribution >= 4 is 10.0 Å². The summed E-state index contributed by atoms with van der Waals surface area (Å²) in [4.78, 5) is 4.17. The van der Waals surface area contributed by atoms with Crippen LogP contribution in [0.1, 0.15) is 19.0 Å². The van der Waals surface area contributed by atoms with Gasteiger partial charge in [-0.15, -0.1) is 0 Å². The molecule has 1 aliphatic rings. The number of rotatable bonds is 7. The van der Waals surface area contributed by atoms with Crippen LogP contribution in [0.2, 0.25) is 0 Å². The highest BCUT2D eigenvalue weighted by molar-refractivity contribution is 7.89. The topological polar surface area (TPSA) is 62.3 Å². The number of hydrogen-bond donors (Lipinski definition) is 1. The van der Waals surface area contributed by atoms with E-state index in [1.165, 1.54) is 0 Å². The second kappa shape index (κ2) is 6.45. The van der Waals surface area contributed by atoms with E-state index in [2.05, 4.69) is 10.3 Å². The molecular formula is C13H21N3O2S. The van der Waals surface area contributed by atoms with Crippen LogP contribution in [0, 0.1) is 0 Å². The highest BCUT2D eigenvalue weighted by atomic mass is 32.2. The van der Waals surface area contributed by atoms with E-state index in [0.717, 1.165) is 25.2 Å². The lowest BCUT2D eigenvalue weighted by Crippen LogP contribution is -2.59. The number of aromatic nitrogens is 1. The van der Waals surface area contributed by atoms with E-state index in [1.807, 2.05) is 25.1 Å². The van der Waals surface area contributed by atoms with Crippen LogP contribution >= 0.6 is 0 Å². The Balaban J connectivity index is 1.99. The van der Waals surface area contributed by atoms with Crippen molar-refractivity contribution in [3.8, 4) is 0 Å². The van der Waals surface area contributed by atoms with Gasteiger partial charge in [0.25, 0.3) is 0 Å². The van der Waals surface area contributed by atoms with Crippen molar-refractivity contribution in [2.75, 3.05) is 25.4 Å². The van der Waals surface area contributed by atoms with Gasteiger partial charge in [-0.25, -0.2) is 8.42 Å².